The summed E-state index contributed by atoms with van der Waals surface area (Å²) in [6.45, 7) is 5.54. The standard InChI is InChI=1S/C26H30FN5O2/c1-19-17-31(18-28-19)24-10-9-22(16-25(24)34-2)29-12-14-30(15-13-29)26(33)32-11-3-4-23(32)20-5-7-21(27)8-6-20/h5-10,16-18,23H,3-4,11-15H2,1-2H3. The van der Waals surface area contributed by atoms with Gasteiger partial charge in [0.2, 0.25) is 0 Å². The number of ether oxygens (including phenoxy) is 1. The molecule has 1 aromatic heterocycles. The number of likely N-dealkylation sites (tertiary alicyclic amines) is 1. The maximum absolute atomic E-state index is 13.3. The van der Waals surface area contributed by atoms with E-state index in [-0.39, 0.29) is 17.9 Å². The van der Waals surface area contributed by atoms with Gasteiger partial charge in [0.1, 0.15) is 11.6 Å². The Morgan fingerprint density at radius 2 is 1.82 bits per heavy atom. The third kappa shape index (κ3) is 4.32. The summed E-state index contributed by atoms with van der Waals surface area (Å²) < 4.78 is 21.0. The van der Waals surface area contributed by atoms with Crippen molar-refractivity contribution in [3.63, 3.8) is 0 Å². The van der Waals surface area contributed by atoms with Crippen molar-refractivity contribution >= 4 is 11.7 Å². The number of hydrogen-bond donors (Lipinski definition) is 0. The Morgan fingerprint density at radius 1 is 1.06 bits per heavy atom. The summed E-state index contributed by atoms with van der Waals surface area (Å²) in [5.74, 6) is 0.535. The minimum atomic E-state index is -0.249. The number of aryl methyl sites for hydroxylation is 1. The molecule has 34 heavy (non-hydrogen) atoms. The van der Waals surface area contributed by atoms with Crippen LogP contribution in [0.1, 0.15) is 30.1 Å². The highest BCUT2D eigenvalue weighted by Crippen LogP contribution is 2.34. The molecule has 0 spiro atoms. The van der Waals surface area contributed by atoms with E-state index in [1.165, 1.54) is 12.1 Å². The minimum Gasteiger partial charge on any atom is -0.494 e. The maximum atomic E-state index is 13.3. The van der Waals surface area contributed by atoms with Crippen molar-refractivity contribution < 1.29 is 13.9 Å². The van der Waals surface area contributed by atoms with Gasteiger partial charge in [-0.2, -0.15) is 0 Å². The molecule has 3 aromatic rings. The third-order valence-corrected chi connectivity index (χ3v) is 6.82. The van der Waals surface area contributed by atoms with Crippen LogP contribution in [-0.2, 0) is 0 Å². The van der Waals surface area contributed by atoms with Crippen molar-refractivity contribution in [1.82, 2.24) is 19.4 Å². The molecular formula is C26H30FN5O2. The number of methoxy groups -OCH3 is 1. The monoisotopic (exact) mass is 463 g/mol. The number of halogens is 1. The fourth-order valence-corrected chi connectivity index (χ4v) is 4.99. The summed E-state index contributed by atoms with van der Waals surface area (Å²) in [4.78, 5) is 23.8. The van der Waals surface area contributed by atoms with E-state index >= 15 is 0 Å². The van der Waals surface area contributed by atoms with E-state index in [2.05, 4.69) is 16.0 Å². The van der Waals surface area contributed by atoms with Crippen molar-refractivity contribution in [2.45, 2.75) is 25.8 Å². The van der Waals surface area contributed by atoms with Crippen LogP contribution >= 0.6 is 0 Å². The molecule has 2 fully saturated rings. The van der Waals surface area contributed by atoms with Gasteiger partial charge >= 0.3 is 6.03 Å². The molecule has 0 bridgehead atoms. The van der Waals surface area contributed by atoms with Crippen molar-refractivity contribution in [3.05, 3.63) is 72.1 Å². The predicted molar refractivity (Wildman–Crippen MR) is 129 cm³/mol. The SMILES string of the molecule is COc1cc(N2CCN(C(=O)N3CCCC3c3ccc(F)cc3)CC2)ccc1-n1cnc(C)c1. The molecule has 2 saturated heterocycles. The summed E-state index contributed by atoms with van der Waals surface area (Å²) in [6, 6.07) is 12.8. The van der Waals surface area contributed by atoms with Gasteiger partial charge in [0.15, 0.2) is 0 Å². The number of amides is 2. The Morgan fingerprint density at radius 3 is 2.50 bits per heavy atom. The number of carbonyl (C=O) groups is 1. The maximum Gasteiger partial charge on any atom is 0.320 e. The van der Waals surface area contributed by atoms with E-state index in [0.717, 1.165) is 60.9 Å². The number of urea groups is 1. The van der Waals surface area contributed by atoms with Gasteiger partial charge in [-0.05, 0) is 49.6 Å². The van der Waals surface area contributed by atoms with Crippen molar-refractivity contribution in [2.24, 2.45) is 0 Å². The zero-order chi connectivity index (χ0) is 23.7. The van der Waals surface area contributed by atoms with Gasteiger partial charge in [-0.15, -0.1) is 0 Å². The van der Waals surface area contributed by atoms with Crippen molar-refractivity contribution in [1.29, 1.82) is 0 Å². The van der Waals surface area contributed by atoms with E-state index in [9.17, 15) is 9.18 Å². The molecule has 0 N–H and O–H groups in total. The highest BCUT2D eigenvalue weighted by molar-refractivity contribution is 5.76. The summed E-state index contributed by atoms with van der Waals surface area (Å²) in [6.07, 6.45) is 5.64. The topological polar surface area (TPSA) is 53.8 Å². The van der Waals surface area contributed by atoms with Gasteiger partial charge in [-0.25, -0.2) is 14.2 Å². The molecule has 0 radical (unpaired) electrons. The van der Waals surface area contributed by atoms with Gasteiger partial charge in [0.05, 0.1) is 30.9 Å². The lowest BCUT2D eigenvalue weighted by Gasteiger charge is -2.39. The molecule has 2 amide bonds. The molecule has 178 valence electrons. The molecule has 7 nitrogen and oxygen atoms in total. The number of aromatic nitrogens is 2. The minimum absolute atomic E-state index is 0.0229. The van der Waals surface area contributed by atoms with Crippen LogP contribution in [0.25, 0.3) is 5.69 Å². The van der Waals surface area contributed by atoms with Crippen molar-refractivity contribution in [2.75, 3.05) is 44.7 Å². The van der Waals surface area contributed by atoms with Crippen LogP contribution in [0.2, 0.25) is 0 Å². The molecule has 8 heteroatoms. The number of piperazine rings is 1. The van der Waals surface area contributed by atoms with Crippen LogP contribution < -0.4 is 9.64 Å². The Hall–Kier alpha value is -3.55. The van der Waals surface area contributed by atoms with Gasteiger partial charge in [0.25, 0.3) is 0 Å². The number of carbonyl (C=O) groups excluding carboxylic acids is 1. The molecule has 2 aliphatic rings. The average molecular weight is 464 g/mol. The number of hydrogen-bond acceptors (Lipinski definition) is 4. The van der Waals surface area contributed by atoms with E-state index in [4.69, 9.17) is 4.74 Å². The summed E-state index contributed by atoms with van der Waals surface area (Å²) in [7, 11) is 1.68. The first-order chi connectivity index (χ1) is 16.5. The highest BCUT2D eigenvalue weighted by Gasteiger charge is 2.34. The lowest BCUT2D eigenvalue weighted by Crippen LogP contribution is -2.52. The zero-order valence-corrected chi connectivity index (χ0v) is 19.7. The van der Waals surface area contributed by atoms with E-state index in [0.29, 0.717) is 13.1 Å². The van der Waals surface area contributed by atoms with Crippen LogP contribution in [-0.4, -0.2) is 65.2 Å². The molecule has 3 heterocycles. The lowest BCUT2D eigenvalue weighted by atomic mass is 10.0. The van der Waals surface area contributed by atoms with Gasteiger partial charge in [-0.3, -0.25) is 0 Å². The molecule has 1 atom stereocenters. The van der Waals surface area contributed by atoms with E-state index in [1.54, 1.807) is 25.6 Å². The number of anilines is 1. The van der Waals surface area contributed by atoms with Crippen LogP contribution in [0.4, 0.5) is 14.9 Å². The molecule has 1 unspecified atom stereocenters. The van der Waals surface area contributed by atoms with E-state index in [1.807, 2.05) is 39.6 Å². The molecule has 5 rings (SSSR count). The fourth-order valence-electron chi connectivity index (χ4n) is 4.99. The largest absolute Gasteiger partial charge is 0.494 e. The fraction of sp³-hybridized carbons (Fsp3) is 0.385. The molecule has 2 aromatic carbocycles. The first-order valence-corrected chi connectivity index (χ1v) is 11.8. The van der Waals surface area contributed by atoms with Crippen LogP contribution in [0, 0.1) is 12.7 Å². The second-order valence-electron chi connectivity index (χ2n) is 8.94. The first-order valence-electron chi connectivity index (χ1n) is 11.8. The zero-order valence-electron chi connectivity index (χ0n) is 19.7. The number of benzene rings is 2. The second-order valence-corrected chi connectivity index (χ2v) is 8.94. The molecule has 0 saturated carbocycles. The van der Waals surface area contributed by atoms with Crippen LogP contribution in [0.5, 0.6) is 5.75 Å². The quantitative estimate of drug-likeness (QED) is 0.575. The number of rotatable bonds is 4. The average Bonchev–Trinajstić information content (AvgIpc) is 3.53. The van der Waals surface area contributed by atoms with Crippen LogP contribution in [0.3, 0.4) is 0 Å². The normalized spacial score (nSPS) is 18.4. The van der Waals surface area contributed by atoms with Gasteiger partial charge < -0.3 is 24.0 Å². The number of nitrogens with zero attached hydrogens (tertiary/aromatic N) is 5. The third-order valence-electron chi connectivity index (χ3n) is 6.82. The number of imidazole rings is 1. The predicted octanol–water partition coefficient (Wildman–Crippen LogP) is 4.41. The Kier molecular flexibility index (Phi) is 6.13. The highest BCUT2D eigenvalue weighted by atomic mass is 19.1. The summed E-state index contributed by atoms with van der Waals surface area (Å²) in [5, 5.41) is 0. The second kappa shape index (κ2) is 9.37. The lowest BCUT2D eigenvalue weighted by molar-refractivity contribution is 0.145. The first kappa shape index (κ1) is 22.3. The van der Waals surface area contributed by atoms with E-state index < -0.39 is 0 Å². The summed E-state index contributed by atoms with van der Waals surface area (Å²) in [5.41, 5.74) is 3.98. The molecular weight excluding hydrogens is 433 g/mol. The molecule has 2 aliphatic heterocycles. The Bertz CT molecular complexity index is 1150. The van der Waals surface area contributed by atoms with Crippen LogP contribution in [0.15, 0.2) is 55.0 Å². The Balaban J connectivity index is 1.24. The summed E-state index contributed by atoms with van der Waals surface area (Å²) >= 11 is 0. The molecule has 0 aliphatic carbocycles. The van der Waals surface area contributed by atoms with Crippen molar-refractivity contribution in [3.8, 4) is 11.4 Å². The smallest absolute Gasteiger partial charge is 0.320 e. The van der Waals surface area contributed by atoms with Gasteiger partial charge in [-0.1, -0.05) is 12.1 Å². The Labute approximate surface area is 199 Å². The van der Waals surface area contributed by atoms with Gasteiger partial charge in [0, 0.05) is 50.7 Å².